The molecular formula is C23H37N5O2. The number of benzene rings is 1. The Labute approximate surface area is 180 Å². The van der Waals surface area contributed by atoms with Crippen LogP contribution in [-0.2, 0) is 4.74 Å². The lowest BCUT2D eigenvalue weighted by molar-refractivity contribution is -0.0453. The molecule has 3 aliphatic heterocycles. The molecule has 0 spiro atoms. The summed E-state index contributed by atoms with van der Waals surface area (Å²) < 4.78 is 11.7. The Balaban J connectivity index is 1.33. The SMILES string of the molecule is CN=C(NCC1CN2CCCC2CO1)NCC(c1ccccc1OC)N1CCCC1. The molecular weight excluding hydrogens is 378 g/mol. The summed E-state index contributed by atoms with van der Waals surface area (Å²) >= 11 is 0. The summed E-state index contributed by atoms with van der Waals surface area (Å²) in [6, 6.07) is 9.27. The number of rotatable bonds is 7. The van der Waals surface area contributed by atoms with Crippen LogP contribution in [0.15, 0.2) is 29.3 Å². The van der Waals surface area contributed by atoms with E-state index in [1.165, 1.54) is 37.8 Å². The van der Waals surface area contributed by atoms with Crippen LogP contribution >= 0.6 is 0 Å². The first-order chi connectivity index (χ1) is 14.8. The zero-order chi connectivity index (χ0) is 20.8. The van der Waals surface area contributed by atoms with Crippen LogP contribution in [-0.4, -0.2) is 87.9 Å². The number of hydrogen-bond acceptors (Lipinski definition) is 5. The Kier molecular flexibility index (Phi) is 7.47. The molecule has 2 N–H and O–H groups in total. The number of hydrogen-bond donors (Lipinski definition) is 2. The molecule has 3 heterocycles. The number of morpholine rings is 1. The van der Waals surface area contributed by atoms with Crippen molar-refractivity contribution in [2.45, 2.75) is 43.9 Å². The fourth-order valence-corrected chi connectivity index (χ4v) is 5.06. The lowest BCUT2D eigenvalue weighted by atomic mass is 10.0. The van der Waals surface area contributed by atoms with Crippen molar-refractivity contribution in [3.63, 3.8) is 0 Å². The predicted molar refractivity (Wildman–Crippen MR) is 120 cm³/mol. The van der Waals surface area contributed by atoms with E-state index in [1.807, 2.05) is 13.1 Å². The third-order valence-corrected chi connectivity index (χ3v) is 6.72. The van der Waals surface area contributed by atoms with Gasteiger partial charge in [-0.3, -0.25) is 14.8 Å². The predicted octanol–water partition coefficient (Wildman–Crippen LogP) is 1.86. The van der Waals surface area contributed by atoms with E-state index in [1.54, 1.807) is 7.11 Å². The maximum absolute atomic E-state index is 6.08. The lowest BCUT2D eigenvalue weighted by Gasteiger charge is -2.35. The molecule has 1 aromatic carbocycles. The van der Waals surface area contributed by atoms with Gasteiger partial charge in [-0.1, -0.05) is 18.2 Å². The largest absolute Gasteiger partial charge is 0.496 e. The molecule has 30 heavy (non-hydrogen) atoms. The number of para-hydroxylation sites is 1. The van der Waals surface area contributed by atoms with Crippen LogP contribution in [0, 0.1) is 0 Å². The summed E-state index contributed by atoms with van der Waals surface area (Å²) in [6.07, 6.45) is 5.33. The fraction of sp³-hybridized carbons (Fsp3) is 0.696. The molecule has 0 aromatic heterocycles. The number of guanidine groups is 1. The quantitative estimate of drug-likeness (QED) is 0.524. The standard InChI is InChI=1S/C23H37N5O2/c1-24-23(25-14-19-16-28-13-7-8-18(28)17-30-19)26-15-21(27-11-5-6-12-27)20-9-3-4-10-22(20)29-2/h3-4,9-10,18-19,21H,5-8,11-17H2,1-2H3,(H2,24,25,26). The maximum atomic E-state index is 6.08. The van der Waals surface area contributed by atoms with Gasteiger partial charge in [0.05, 0.1) is 25.9 Å². The number of aliphatic imine (C=N–C) groups is 1. The third-order valence-electron chi connectivity index (χ3n) is 6.72. The fourth-order valence-electron chi connectivity index (χ4n) is 5.06. The van der Waals surface area contributed by atoms with Gasteiger partial charge in [-0.15, -0.1) is 0 Å². The zero-order valence-corrected chi connectivity index (χ0v) is 18.5. The monoisotopic (exact) mass is 415 g/mol. The van der Waals surface area contributed by atoms with Gasteiger partial charge in [-0.2, -0.15) is 0 Å². The molecule has 7 heteroatoms. The van der Waals surface area contributed by atoms with E-state index in [0.717, 1.165) is 51.0 Å². The number of nitrogens with one attached hydrogen (secondary N) is 2. The first-order valence-electron chi connectivity index (χ1n) is 11.5. The zero-order valence-electron chi connectivity index (χ0n) is 18.5. The minimum Gasteiger partial charge on any atom is -0.496 e. The van der Waals surface area contributed by atoms with E-state index in [-0.39, 0.29) is 12.1 Å². The smallest absolute Gasteiger partial charge is 0.191 e. The lowest BCUT2D eigenvalue weighted by Crippen LogP contribution is -2.52. The molecule has 7 nitrogen and oxygen atoms in total. The molecule has 4 rings (SSSR count). The Bertz CT molecular complexity index is 707. The Morgan fingerprint density at radius 1 is 1.20 bits per heavy atom. The van der Waals surface area contributed by atoms with Gasteiger partial charge in [0.15, 0.2) is 5.96 Å². The summed E-state index contributed by atoms with van der Waals surface area (Å²) in [5, 5.41) is 7.04. The molecule has 3 unspecified atom stereocenters. The third kappa shape index (κ3) is 5.07. The van der Waals surface area contributed by atoms with E-state index < -0.39 is 0 Å². The van der Waals surface area contributed by atoms with Gasteiger partial charge in [0.1, 0.15) is 5.75 Å². The number of nitrogens with zero attached hydrogens (tertiary/aromatic N) is 3. The summed E-state index contributed by atoms with van der Waals surface area (Å²) in [5.41, 5.74) is 1.24. The van der Waals surface area contributed by atoms with Crippen LogP contribution in [0.5, 0.6) is 5.75 Å². The van der Waals surface area contributed by atoms with E-state index >= 15 is 0 Å². The van der Waals surface area contributed by atoms with Gasteiger partial charge >= 0.3 is 0 Å². The van der Waals surface area contributed by atoms with Gasteiger partial charge < -0.3 is 20.1 Å². The molecule has 3 saturated heterocycles. The molecule has 166 valence electrons. The Hall–Kier alpha value is -1.83. The van der Waals surface area contributed by atoms with Crippen molar-refractivity contribution in [3.05, 3.63) is 29.8 Å². The highest BCUT2D eigenvalue weighted by atomic mass is 16.5. The van der Waals surface area contributed by atoms with Crippen molar-refractivity contribution >= 4 is 5.96 Å². The van der Waals surface area contributed by atoms with Crippen molar-refractivity contribution < 1.29 is 9.47 Å². The van der Waals surface area contributed by atoms with Crippen molar-refractivity contribution in [1.82, 2.24) is 20.4 Å². The van der Waals surface area contributed by atoms with Crippen molar-refractivity contribution in [3.8, 4) is 5.75 Å². The van der Waals surface area contributed by atoms with Crippen LogP contribution in [0.2, 0.25) is 0 Å². The normalized spacial score (nSPS) is 26.4. The Morgan fingerprint density at radius 2 is 2.03 bits per heavy atom. The minimum atomic E-state index is 0.224. The second-order valence-corrected chi connectivity index (χ2v) is 8.58. The molecule has 0 bridgehead atoms. The van der Waals surface area contributed by atoms with Crippen molar-refractivity contribution in [1.29, 1.82) is 0 Å². The Morgan fingerprint density at radius 3 is 2.83 bits per heavy atom. The molecule has 0 radical (unpaired) electrons. The van der Waals surface area contributed by atoms with Gasteiger partial charge in [-0.05, 0) is 51.4 Å². The highest BCUT2D eigenvalue weighted by Crippen LogP contribution is 2.31. The van der Waals surface area contributed by atoms with Crippen LogP contribution in [0.25, 0.3) is 0 Å². The van der Waals surface area contributed by atoms with Crippen molar-refractivity contribution in [2.75, 3.05) is 60.0 Å². The summed E-state index contributed by atoms with van der Waals surface area (Å²) in [4.78, 5) is 9.58. The molecule has 3 aliphatic rings. The highest BCUT2D eigenvalue weighted by molar-refractivity contribution is 5.79. The average Bonchev–Trinajstić information content (AvgIpc) is 3.48. The minimum absolute atomic E-state index is 0.224. The van der Waals surface area contributed by atoms with Crippen LogP contribution in [0.1, 0.15) is 37.3 Å². The van der Waals surface area contributed by atoms with E-state index in [9.17, 15) is 0 Å². The molecule has 3 fully saturated rings. The molecule has 1 aromatic rings. The number of ether oxygens (including phenoxy) is 2. The summed E-state index contributed by atoms with van der Waals surface area (Å²) in [7, 11) is 3.59. The second-order valence-electron chi connectivity index (χ2n) is 8.58. The van der Waals surface area contributed by atoms with E-state index in [2.05, 4.69) is 43.6 Å². The number of fused-ring (bicyclic) bond motifs is 1. The molecule has 0 aliphatic carbocycles. The first kappa shape index (κ1) is 21.4. The maximum Gasteiger partial charge on any atom is 0.191 e. The van der Waals surface area contributed by atoms with Gasteiger partial charge in [0.2, 0.25) is 0 Å². The summed E-state index contributed by atoms with van der Waals surface area (Å²) in [6.45, 7) is 6.93. The van der Waals surface area contributed by atoms with Crippen LogP contribution < -0.4 is 15.4 Å². The van der Waals surface area contributed by atoms with Gasteiger partial charge in [-0.25, -0.2) is 0 Å². The second kappa shape index (κ2) is 10.5. The van der Waals surface area contributed by atoms with Crippen LogP contribution in [0.3, 0.4) is 0 Å². The van der Waals surface area contributed by atoms with E-state index in [4.69, 9.17) is 9.47 Å². The molecule has 3 atom stereocenters. The van der Waals surface area contributed by atoms with Gasteiger partial charge in [0, 0.05) is 38.3 Å². The number of likely N-dealkylation sites (tertiary alicyclic amines) is 1. The van der Waals surface area contributed by atoms with Gasteiger partial charge in [0.25, 0.3) is 0 Å². The van der Waals surface area contributed by atoms with E-state index in [0.29, 0.717) is 6.04 Å². The first-order valence-corrected chi connectivity index (χ1v) is 11.5. The van der Waals surface area contributed by atoms with Crippen molar-refractivity contribution in [2.24, 2.45) is 4.99 Å². The molecule has 0 saturated carbocycles. The topological polar surface area (TPSA) is 61.4 Å². The molecule has 0 amide bonds. The highest BCUT2D eigenvalue weighted by Gasteiger charge is 2.32. The number of methoxy groups -OCH3 is 1. The average molecular weight is 416 g/mol. The summed E-state index contributed by atoms with van der Waals surface area (Å²) in [5.74, 6) is 1.79. The van der Waals surface area contributed by atoms with Crippen LogP contribution in [0.4, 0.5) is 0 Å².